The maximum atomic E-state index is 11.8. The largest absolute Gasteiger partial charge is 0.316 e. The van der Waals surface area contributed by atoms with Crippen LogP contribution >= 0.6 is 11.3 Å². The molecule has 72 valence electrons. The normalized spacial score (nSPS) is 20.1. The molecule has 0 spiro atoms. The van der Waals surface area contributed by atoms with Crippen molar-refractivity contribution in [2.75, 3.05) is 6.54 Å². The number of nitrogens with zero attached hydrogens (tertiary/aromatic N) is 1. The molecule has 0 aliphatic carbocycles. The summed E-state index contributed by atoms with van der Waals surface area (Å²) in [6.07, 6.45) is 4.95. The summed E-state index contributed by atoms with van der Waals surface area (Å²) in [6, 6.07) is 2.11. The first kappa shape index (κ1) is 8.24. The first-order valence-electron chi connectivity index (χ1n) is 4.92. The molecule has 0 unspecified atom stereocenters. The van der Waals surface area contributed by atoms with E-state index in [2.05, 4.69) is 17.5 Å². The maximum Gasteiger partial charge on any atom is 0.232 e. The van der Waals surface area contributed by atoms with Crippen LogP contribution in [0.5, 0.6) is 0 Å². The van der Waals surface area contributed by atoms with E-state index in [9.17, 15) is 4.79 Å². The van der Waals surface area contributed by atoms with E-state index in [1.54, 1.807) is 11.3 Å². The SMILES string of the molecule is O=C1Cc2sccc2C=C2CCCN12. The van der Waals surface area contributed by atoms with Gasteiger partial charge >= 0.3 is 0 Å². The highest BCUT2D eigenvalue weighted by Crippen LogP contribution is 2.31. The van der Waals surface area contributed by atoms with Gasteiger partial charge in [-0.2, -0.15) is 0 Å². The van der Waals surface area contributed by atoms with Crippen molar-refractivity contribution < 1.29 is 4.79 Å². The molecule has 1 aromatic heterocycles. The number of amides is 1. The Morgan fingerprint density at radius 1 is 1.43 bits per heavy atom. The Bertz CT molecular complexity index is 419. The molecule has 2 aliphatic heterocycles. The molecule has 2 nitrogen and oxygen atoms in total. The minimum Gasteiger partial charge on any atom is -0.316 e. The van der Waals surface area contributed by atoms with Gasteiger partial charge in [-0.05, 0) is 35.9 Å². The van der Waals surface area contributed by atoms with Crippen molar-refractivity contribution in [3.63, 3.8) is 0 Å². The summed E-state index contributed by atoms with van der Waals surface area (Å²) >= 11 is 1.69. The van der Waals surface area contributed by atoms with Gasteiger partial charge in [-0.25, -0.2) is 0 Å². The van der Waals surface area contributed by atoms with Gasteiger partial charge < -0.3 is 4.90 Å². The minimum atomic E-state index is 0.273. The molecule has 0 N–H and O–H groups in total. The number of carbonyl (C=O) groups excluding carboxylic acids is 1. The second-order valence-corrected chi connectivity index (χ2v) is 4.76. The van der Waals surface area contributed by atoms with Crippen molar-refractivity contribution in [1.82, 2.24) is 4.90 Å². The zero-order valence-electron chi connectivity index (χ0n) is 7.82. The van der Waals surface area contributed by atoms with Gasteiger partial charge in [0.25, 0.3) is 0 Å². The topological polar surface area (TPSA) is 20.3 Å². The molecule has 3 rings (SSSR count). The summed E-state index contributed by atoms with van der Waals surface area (Å²) in [5.41, 5.74) is 2.47. The molecule has 0 aromatic carbocycles. The number of hydrogen-bond donors (Lipinski definition) is 0. The van der Waals surface area contributed by atoms with Gasteiger partial charge in [0, 0.05) is 17.1 Å². The number of hydrogen-bond acceptors (Lipinski definition) is 2. The van der Waals surface area contributed by atoms with Crippen LogP contribution in [-0.2, 0) is 11.2 Å². The van der Waals surface area contributed by atoms with E-state index in [0.29, 0.717) is 6.42 Å². The quantitative estimate of drug-likeness (QED) is 0.636. The van der Waals surface area contributed by atoms with Crippen molar-refractivity contribution in [1.29, 1.82) is 0 Å². The summed E-state index contributed by atoms with van der Waals surface area (Å²) in [6.45, 7) is 0.916. The van der Waals surface area contributed by atoms with E-state index in [-0.39, 0.29) is 5.91 Å². The fraction of sp³-hybridized carbons (Fsp3) is 0.364. The van der Waals surface area contributed by atoms with Crippen LogP contribution in [-0.4, -0.2) is 17.4 Å². The van der Waals surface area contributed by atoms with Crippen molar-refractivity contribution in [2.24, 2.45) is 0 Å². The van der Waals surface area contributed by atoms with E-state index in [1.807, 2.05) is 4.90 Å². The summed E-state index contributed by atoms with van der Waals surface area (Å²) in [4.78, 5) is 15.0. The highest BCUT2D eigenvalue weighted by molar-refractivity contribution is 7.10. The third-order valence-corrected chi connectivity index (χ3v) is 3.81. The average molecular weight is 205 g/mol. The molecule has 1 saturated heterocycles. The molecule has 0 radical (unpaired) electrons. The first-order chi connectivity index (χ1) is 6.84. The van der Waals surface area contributed by atoms with Crippen LogP contribution in [0.15, 0.2) is 17.1 Å². The van der Waals surface area contributed by atoms with Crippen LogP contribution in [0.25, 0.3) is 6.08 Å². The maximum absolute atomic E-state index is 11.8. The molecular formula is C11H11NOS. The second-order valence-electron chi connectivity index (χ2n) is 3.76. The standard InChI is InChI=1S/C11H11NOS/c13-11-7-10-8(3-5-14-10)6-9-2-1-4-12(9)11/h3,5-6H,1-2,4,7H2. The second kappa shape index (κ2) is 2.95. The molecule has 1 fully saturated rings. The lowest BCUT2D eigenvalue weighted by atomic mass is 10.2. The average Bonchev–Trinajstić information content (AvgIpc) is 2.75. The Hall–Kier alpha value is -1.09. The fourth-order valence-corrected chi connectivity index (χ4v) is 3.02. The van der Waals surface area contributed by atoms with Crippen molar-refractivity contribution in [3.8, 4) is 0 Å². The Balaban J connectivity index is 2.12. The molecule has 1 aromatic rings. The Morgan fingerprint density at radius 2 is 2.36 bits per heavy atom. The molecule has 3 heteroatoms. The number of allylic oxidation sites excluding steroid dienone is 1. The first-order valence-corrected chi connectivity index (χ1v) is 5.80. The van der Waals surface area contributed by atoms with E-state index in [1.165, 1.54) is 16.1 Å². The minimum absolute atomic E-state index is 0.273. The molecule has 2 aliphatic rings. The van der Waals surface area contributed by atoms with Gasteiger partial charge in [0.1, 0.15) is 0 Å². The summed E-state index contributed by atoms with van der Waals surface area (Å²) in [7, 11) is 0. The fourth-order valence-electron chi connectivity index (χ4n) is 2.17. The molecule has 3 heterocycles. The van der Waals surface area contributed by atoms with E-state index in [0.717, 1.165) is 19.4 Å². The third-order valence-electron chi connectivity index (χ3n) is 2.88. The number of fused-ring (bicyclic) bond motifs is 2. The third kappa shape index (κ3) is 1.12. The summed E-state index contributed by atoms with van der Waals surface area (Å²) < 4.78 is 0. The molecular weight excluding hydrogens is 194 g/mol. The van der Waals surface area contributed by atoms with Gasteiger partial charge in [0.2, 0.25) is 5.91 Å². The van der Waals surface area contributed by atoms with Gasteiger partial charge in [-0.15, -0.1) is 11.3 Å². The highest BCUT2D eigenvalue weighted by Gasteiger charge is 2.26. The molecule has 14 heavy (non-hydrogen) atoms. The molecule has 0 saturated carbocycles. The van der Waals surface area contributed by atoms with Crippen molar-refractivity contribution in [2.45, 2.75) is 19.3 Å². The molecule has 0 atom stereocenters. The number of rotatable bonds is 0. The van der Waals surface area contributed by atoms with E-state index in [4.69, 9.17) is 0 Å². The zero-order chi connectivity index (χ0) is 9.54. The van der Waals surface area contributed by atoms with Crippen LogP contribution in [0, 0.1) is 0 Å². The van der Waals surface area contributed by atoms with Gasteiger partial charge in [-0.3, -0.25) is 4.79 Å². The molecule has 1 amide bonds. The lowest BCUT2D eigenvalue weighted by Crippen LogP contribution is -2.26. The Morgan fingerprint density at radius 3 is 3.29 bits per heavy atom. The van der Waals surface area contributed by atoms with Gasteiger partial charge in [-0.1, -0.05) is 0 Å². The van der Waals surface area contributed by atoms with Crippen LogP contribution in [0.2, 0.25) is 0 Å². The summed E-state index contributed by atoms with van der Waals surface area (Å²) in [5.74, 6) is 0.273. The van der Waals surface area contributed by atoms with E-state index < -0.39 is 0 Å². The van der Waals surface area contributed by atoms with E-state index >= 15 is 0 Å². The highest BCUT2D eigenvalue weighted by atomic mass is 32.1. The van der Waals surface area contributed by atoms with Gasteiger partial charge in [0.05, 0.1) is 6.42 Å². The lowest BCUT2D eigenvalue weighted by molar-refractivity contribution is -0.127. The van der Waals surface area contributed by atoms with Crippen molar-refractivity contribution >= 4 is 23.3 Å². The number of thiophene rings is 1. The predicted molar refractivity (Wildman–Crippen MR) is 56.9 cm³/mol. The van der Waals surface area contributed by atoms with Crippen LogP contribution in [0.1, 0.15) is 23.3 Å². The van der Waals surface area contributed by atoms with Crippen LogP contribution in [0.4, 0.5) is 0 Å². The van der Waals surface area contributed by atoms with Crippen LogP contribution in [0.3, 0.4) is 0 Å². The predicted octanol–water partition coefficient (Wildman–Crippen LogP) is 2.27. The summed E-state index contributed by atoms with van der Waals surface area (Å²) in [5, 5.41) is 2.07. The Kier molecular flexibility index (Phi) is 1.74. The Labute approximate surface area is 86.8 Å². The van der Waals surface area contributed by atoms with Crippen molar-refractivity contribution in [3.05, 3.63) is 27.6 Å². The number of carbonyl (C=O) groups is 1. The van der Waals surface area contributed by atoms with Crippen LogP contribution < -0.4 is 0 Å². The smallest absolute Gasteiger partial charge is 0.232 e. The monoisotopic (exact) mass is 205 g/mol. The molecule has 0 bridgehead atoms. The lowest BCUT2D eigenvalue weighted by Gasteiger charge is -2.15. The zero-order valence-corrected chi connectivity index (χ0v) is 8.64. The van der Waals surface area contributed by atoms with Gasteiger partial charge in [0.15, 0.2) is 0 Å².